The van der Waals surface area contributed by atoms with Gasteiger partial charge in [-0.25, -0.2) is 0 Å². The summed E-state index contributed by atoms with van der Waals surface area (Å²) in [5, 5.41) is 6.25. The zero-order chi connectivity index (χ0) is 38.2. The van der Waals surface area contributed by atoms with Crippen LogP contribution in [0, 0.1) is 0 Å². The molecule has 0 saturated carbocycles. The number of hydrogen-bond acceptors (Lipinski definition) is 4. The van der Waals surface area contributed by atoms with Crippen molar-refractivity contribution in [1.82, 2.24) is 9.80 Å². The standard InChI is InChI=1S/C47H80N4O2/c1-5-9-13-17-21-35-50(36-22-18-14-10-6-2)39-33-46(52)48-44-29-25-42(26-30-44)41-43-27-31-45(32-28-43)49-47(53)34-40-51(37-23-19-15-11-7-3)38-24-20-16-12-8-4/h25-32H,5-24,33-41H2,1-4H3,(H,48,52)(H,49,53). The van der Waals surface area contributed by atoms with E-state index in [4.69, 9.17) is 0 Å². The van der Waals surface area contributed by atoms with E-state index in [9.17, 15) is 9.59 Å². The maximum atomic E-state index is 12.9. The van der Waals surface area contributed by atoms with Crippen LogP contribution in [0.2, 0.25) is 0 Å². The Morgan fingerprint density at radius 1 is 0.396 bits per heavy atom. The van der Waals surface area contributed by atoms with Crippen molar-refractivity contribution in [2.24, 2.45) is 0 Å². The topological polar surface area (TPSA) is 64.7 Å². The van der Waals surface area contributed by atoms with Crippen LogP contribution in [0.3, 0.4) is 0 Å². The van der Waals surface area contributed by atoms with Crippen LogP contribution in [0.25, 0.3) is 0 Å². The second kappa shape index (κ2) is 31.6. The molecule has 0 aliphatic carbocycles. The minimum absolute atomic E-state index is 0.0925. The van der Waals surface area contributed by atoms with E-state index in [-0.39, 0.29) is 11.8 Å². The van der Waals surface area contributed by atoms with Gasteiger partial charge in [-0.1, -0.05) is 155 Å². The van der Waals surface area contributed by atoms with Crippen molar-refractivity contribution in [2.45, 2.75) is 175 Å². The fraction of sp³-hybridized carbons (Fsp3) is 0.702. The average molecular weight is 733 g/mol. The maximum Gasteiger partial charge on any atom is 0.225 e. The third-order valence-electron chi connectivity index (χ3n) is 10.5. The molecule has 0 heterocycles. The summed E-state index contributed by atoms with van der Waals surface area (Å²) in [6.45, 7) is 15.1. The molecule has 6 nitrogen and oxygen atoms in total. The van der Waals surface area contributed by atoms with Crippen molar-refractivity contribution in [1.29, 1.82) is 0 Å². The number of hydrogen-bond donors (Lipinski definition) is 2. The lowest BCUT2D eigenvalue weighted by Gasteiger charge is -2.22. The molecule has 0 unspecified atom stereocenters. The minimum atomic E-state index is 0.0925. The second-order valence-electron chi connectivity index (χ2n) is 15.5. The number of carbonyl (C=O) groups excluding carboxylic acids is 2. The number of carbonyl (C=O) groups is 2. The van der Waals surface area contributed by atoms with Gasteiger partial charge in [0.25, 0.3) is 0 Å². The van der Waals surface area contributed by atoms with Gasteiger partial charge >= 0.3 is 0 Å². The molecule has 2 rings (SSSR count). The summed E-state index contributed by atoms with van der Waals surface area (Å²) in [5.74, 6) is 0.185. The molecule has 53 heavy (non-hydrogen) atoms. The third kappa shape index (κ3) is 24.4. The van der Waals surface area contributed by atoms with Crippen molar-refractivity contribution in [3.63, 3.8) is 0 Å². The number of rotatable bonds is 34. The van der Waals surface area contributed by atoms with Crippen LogP contribution in [-0.2, 0) is 16.0 Å². The summed E-state index contributed by atoms with van der Waals surface area (Å²) in [6.07, 6.45) is 27.6. The van der Waals surface area contributed by atoms with Crippen molar-refractivity contribution < 1.29 is 9.59 Å². The highest BCUT2D eigenvalue weighted by Crippen LogP contribution is 2.17. The molecule has 0 bridgehead atoms. The zero-order valence-electron chi connectivity index (χ0n) is 34.8. The predicted molar refractivity (Wildman–Crippen MR) is 230 cm³/mol. The molecule has 0 aliphatic rings. The molecule has 0 spiro atoms. The van der Waals surface area contributed by atoms with E-state index in [0.717, 1.165) is 57.1 Å². The van der Waals surface area contributed by atoms with Crippen LogP contribution in [0.4, 0.5) is 11.4 Å². The first kappa shape index (κ1) is 46.5. The maximum absolute atomic E-state index is 12.9. The van der Waals surface area contributed by atoms with Crippen molar-refractivity contribution in [2.75, 3.05) is 49.9 Å². The van der Waals surface area contributed by atoms with E-state index in [1.54, 1.807) is 0 Å². The Morgan fingerprint density at radius 2 is 0.679 bits per heavy atom. The largest absolute Gasteiger partial charge is 0.326 e. The molecule has 2 aromatic carbocycles. The summed E-state index contributed by atoms with van der Waals surface area (Å²) in [4.78, 5) is 30.8. The van der Waals surface area contributed by atoms with Gasteiger partial charge in [0.2, 0.25) is 11.8 Å². The lowest BCUT2D eigenvalue weighted by Crippen LogP contribution is -2.30. The summed E-state index contributed by atoms with van der Waals surface area (Å²) in [5.41, 5.74) is 4.10. The molecular formula is C47H80N4O2. The Bertz CT molecular complexity index is 1050. The third-order valence-corrected chi connectivity index (χ3v) is 10.5. The molecule has 2 aromatic rings. The highest BCUT2D eigenvalue weighted by molar-refractivity contribution is 5.91. The lowest BCUT2D eigenvalue weighted by atomic mass is 10.0. The van der Waals surface area contributed by atoms with Gasteiger partial charge in [0, 0.05) is 37.3 Å². The van der Waals surface area contributed by atoms with Gasteiger partial charge in [-0.15, -0.1) is 0 Å². The van der Waals surface area contributed by atoms with Gasteiger partial charge < -0.3 is 20.4 Å². The van der Waals surface area contributed by atoms with Gasteiger partial charge in [0.1, 0.15) is 0 Å². The molecule has 0 atom stereocenters. The Morgan fingerprint density at radius 3 is 0.962 bits per heavy atom. The van der Waals surface area contributed by atoms with Gasteiger partial charge in [-0.2, -0.15) is 0 Å². The fourth-order valence-electron chi connectivity index (χ4n) is 7.04. The lowest BCUT2D eigenvalue weighted by molar-refractivity contribution is -0.117. The first-order chi connectivity index (χ1) is 26.0. The molecule has 0 aliphatic heterocycles. The molecule has 300 valence electrons. The van der Waals surface area contributed by atoms with Crippen LogP contribution in [0.15, 0.2) is 48.5 Å². The Balaban J connectivity index is 1.77. The van der Waals surface area contributed by atoms with Crippen molar-refractivity contribution in [3.8, 4) is 0 Å². The predicted octanol–water partition coefficient (Wildman–Crippen LogP) is 12.4. The van der Waals surface area contributed by atoms with E-state index in [1.165, 1.54) is 140 Å². The van der Waals surface area contributed by atoms with Gasteiger partial charge in [0.05, 0.1) is 0 Å². The highest BCUT2D eigenvalue weighted by atomic mass is 16.2. The summed E-state index contributed by atoms with van der Waals surface area (Å²) < 4.78 is 0. The van der Waals surface area contributed by atoms with Crippen molar-refractivity contribution >= 4 is 23.2 Å². The first-order valence-corrected chi connectivity index (χ1v) is 22.2. The number of unbranched alkanes of at least 4 members (excludes halogenated alkanes) is 16. The summed E-state index contributed by atoms with van der Waals surface area (Å²) in [7, 11) is 0. The average Bonchev–Trinajstić information content (AvgIpc) is 3.16. The molecule has 6 heteroatoms. The first-order valence-electron chi connectivity index (χ1n) is 22.2. The minimum Gasteiger partial charge on any atom is -0.326 e. The normalized spacial score (nSPS) is 11.4. The molecule has 0 radical (unpaired) electrons. The molecule has 0 saturated heterocycles. The van der Waals surface area contributed by atoms with Crippen LogP contribution < -0.4 is 10.6 Å². The van der Waals surface area contributed by atoms with E-state index in [1.807, 2.05) is 24.3 Å². The van der Waals surface area contributed by atoms with Gasteiger partial charge in [-0.3, -0.25) is 9.59 Å². The van der Waals surface area contributed by atoms with E-state index in [2.05, 4.69) is 72.4 Å². The number of benzene rings is 2. The SMILES string of the molecule is CCCCCCCN(CCCCCCC)CCC(=O)Nc1ccc(Cc2ccc(NC(=O)CCN(CCCCCCC)CCCCCCC)cc2)cc1. The number of anilines is 2. The summed E-state index contributed by atoms with van der Waals surface area (Å²) in [6, 6.07) is 16.5. The number of nitrogens with zero attached hydrogens (tertiary/aromatic N) is 2. The Labute approximate surface area is 326 Å². The Kier molecular flexibility index (Phi) is 27.7. The fourth-order valence-corrected chi connectivity index (χ4v) is 7.04. The van der Waals surface area contributed by atoms with Crippen LogP contribution in [0.5, 0.6) is 0 Å². The molecule has 0 fully saturated rings. The van der Waals surface area contributed by atoms with E-state index >= 15 is 0 Å². The highest BCUT2D eigenvalue weighted by Gasteiger charge is 2.11. The van der Waals surface area contributed by atoms with Crippen LogP contribution >= 0.6 is 0 Å². The summed E-state index contributed by atoms with van der Waals surface area (Å²) >= 11 is 0. The molecular weight excluding hydrogens is 653 g/mol. The van der Waals surface area contributed by atoms with Crippen LogP contribution in [-0.4, -0.2) is 60.9 Å². The van der Waals surface area contributed by atoms with E-state index < -0.39 is 0 Å². The second-order valence-corrected chi connectivity index (χ2v) is 15.5. The molecule has 2 N–H and O–H groups in total. The zero-order valence-corrected chi connectivity index (χ0v) is 34.8. The smallest absolute Gasteiger partial charge is 0.225 e. The Hall–Kier alpha value is -2.70. The van der Waals surface area contributed by atoms with E-state index in [0.29, 0.717) is 12.8 Å². The quantitative estimate of drug-likeness (QED) is 0.0703. The van der Waals surface area contributed by atoms with Gasteiger partial charge in [-0.05, 0) is 93.7 Å². The molecule has 0 aromatic heterocycles. The van der Waals surface area contributed by atoms with Crippen molar-refractivity contribution in [3.05, 3.63) is 59.7 Å². The van der Waals surface area contributed by atoms with Gasteiger partial charge in [0.15, 0.2) is 0 Å². The number of amides is 2. The number of nitrogens with one attached hydrogen (secondary N) is 2. The van der Waals surface area contributed by atoms with Crippen LogP contribution in [0.1, 0.15) is 180 Å². The molecule has 2 amide bonds. The monoisotopic (exact) mass is 733 g/mol.